The molecule has 3 N–H and O–H groups in total. The van der Waals surface area contributed by atoms with Crippen LogP contribution in [0.15, 0.2) is 26.0 Å². The number of carboxylic acids is 1. The fraction of sp³-hybridized carbons (Fsp3) is 0.400. The van der Waals surface area contributed by atoms with Crippen molar-refractivity contribution in [3.63, 3.8) is 0 Å². The summed E-state index contributed by atoms with van der Waals surface area (Å²) in [7, 11) is 0. The van der Waals surface area contributed by atoms with Crippen LogP contribution in [0.4, 0.5) is 0 Å². The van der Waals surface area contributed by atoms with E-state index >= 15 is 0 Å². The van der Waals surface area contributed by atoms with Gasteiger partial charge < -0.3 is 28.2 Å². The molecule has 0 aliphatic carbocycles. The zero-order valence-corrected chi connectivity index (χ0v) is 18.6. The van der Waals surface area contributed by atoms with Gasteiger partial charge in [-0.05, 0) is 28.1 Å². The third-order valence-corrected chi connectivity index (χ3v) is 3.58. The van der Waals surface area contributed by atoms with Gasteiger partial charge in [-0.15, -0.1) is 0 Å². The molecule has 0 spiro atoms. The standard InChI is InChI=1S/C9H6Br2O3S.C6H15N.Ag/c10-5-1-4(2-7(15)9(13)14)8(12)6(11)3-5;1-5(2)7-6(3)4;/h1-3,12,15H,(H,13,14);5-7H,1-4H3;/q;;+1/p-1/b7-2-;;. The predicted octanol–water partition coefficient (Wildman–Crippen LogP) is 4.28. The smallest absolute Gasteiger partial charge is 0.773 e. The Morgan fingerprint density at radius 3 is 2.04 bits per heavy atom. The SMILES string of the molecule is CC(C)NC(C)C.O=C(O)/C([S-])=C/c1cc(Br)cc(Br)c1O.[Ag+]. The van der Waals surface area contributed by atoms with E-state index in [4.69, 9.17) is 5.11 Å². The van der Waals surface area contributed by atoms with E-state index in [0.717, 1.165) is 0 Å². The van der Waals surface area contributed by atoms with E-state index in [1.54, 1.807) is 12.1 Å². The minimum absolute atomic E-state index is 0. The maximum atomic E-state index is 10.5. The monoisotopic (exact) mass is 559 g/mol. The van der Waals surface area contributed by atoms with Gasteiger partial charge in [-0.1, -0.05) is 54.6 Å². The molecule has 0 fully saturated rings. The van der Waals surface area contributed by atoms with E-state index < -0.39 is 5.97 Å². The summed E-state index contributed by atoms with van der Waals surface area (Å²) >= 11 is 11.0. The molecular weight excluding hydrogens is 542 g/mol. The number of benzene rings is 1. The Labute approximate surface area is 175 Å². The van der Waals surface area contributed by atoms with Crippen molar-refractivity contribution < 1.29 is 37.4 Å². The van der Waals surface area contributed by atoms with Gasteiger partial charge in [0.2, 0.25) is 0 Å². The van der Waals surface area contributed by atoms with Crippen LogP contribution in [0.3, 0.4) is 0 Å². The summed E-state index contributed by atoms with van der Waals surface area (Å²) in [6.07, 6.45) is 1.22. The second-order valence-corrected chi connectivity index (χ2v) is 7.33. The van der Waals surface area contributed by atoms with Crippen molar-refractivity contribution >= 4 is 56.5 Å². The molecule has 23 heavy (non-hydrogen) atoms. The third kappa shape index (κ3) is 11.3. The summed E-state index contributed by atoms with van der Waals surface area (Å²) in [5, 5.41) is 21.5. The number of phenols is 1. The number of halogens is 2. The Morgan fingerprint density at radius 1 is 1.22 bits per heavy atom. The molecule has 0 saturated heterocycles. The van der Waals surface area contributed by atoms with Crippen LogP contribution in [-0.2, 0) is 39.8 Å². The number of phenolic OH excluding ortho intramolecular Hbond substituents is 1. The quantitative estimate of drug-likeness (QED) is 0.291. The van der Waals surface area contributed by atoms with Gasteiger partial charge in [-0.25, -0.2) is 4.79 Å². The minimum atomic E-state index is -1.19. The molecule has 1 aromatic rings. The molecule has 0 aliphatic heterocycles. The van der Waals surface area contributed by atoms with E-state index in [0.29, 0.717) is 26.6 Å². The predicted molar refractivity (Wildman–Crippen MR) is 99.9 cm³/mol. The maximum Gasteiger partial charge on any atom is 1.00 e. The van der Waals surface area contributed by atoms with E-state index in [2.05, 4.69) is 77.5 Å². The van der Waals surface area contributed by atoms with Crippen molar-refractivity contribution in [2.24, 2.45) is 0 Å². The van der Waals surface area contributed by atoms with Crippen molar-refractivity contribution in [3.05, 3.63) is 31.5 Å². The van der Waals surface area contributed by atoms with Gasteiger partial charge in [-0.3, -0.25) is 0 Å². The molecule has 0 amide bonds. The number of aliphatic carboxylic acids is 1. The third-order valence-electron chi connectivity index (χ3n) is 2.22. The Morgan fingerprint density at radius 2 is 1.70 bits per heavy atom. The van der Waals surface area contributed by atoms with Crippen LogP contribution in [0.25, 0.3) is 6.08 Å². The Bertz CT molecular complexity index is 546. The average Bonchev–Trinajstić information content (AvgIpc) is 2.34. The molecular formula is C15H20AgBr2NO3S. The first kappa shape index (κ1) is 25.4. The molecule has 0 atom stereocenters. The Balaban J connectivity index is 0. The largest absolute Gasteiger partial charge is 1.00 e. The van der Waals surface area contributed by atoms with Crippen LogP contribution in [-0.4, -0.2) is 28.3 Å². The molecule has 1 rings (SSSR count). The molecule has 8 heteroatoms. The maximum absolute atomic E-state index is 10.5. The van der Waals surface area contributed by atoms with Gasteiger partial charge in [0.25, 0.3) is 0 Å². The summed E-state index contributed by atoms with van der Waals surface area (Å²) in [4.78, 5) is 10.3. The van der Waals surface area contributed by atoms with E-state index in [9.17, 15) is 9.90 Å². The van der Waals surface area contributed by atoms with Gasteiger partial charge in [0.15, 0.2) is 0 Å². The Kier molecular flexibility index (Phi) is 13.7. The average molecular weight is 562 g/mol. The first-order valence-corrected chi connectivity index (χ1v) is 8.60. The molecule has 1 aromatic carbocycles. The minimum Gasteiger partial charge on any atom is -0.773 e. The van der Waals surface area contributed by atoms with E-state index in [1.807, 2.05) is 0 Å². The van der Waals surface area contributed by atoms with Crippen molar-refractivity contribution in [2.75, 3.05) is 0 Å². The summed E-state index contributed by atoms with van der Waals surface area (Å²) in [6.45, 7) is 8.61. The van der Waals surface area contributed by atoms with Gasteiger partial charge in [0.05, 0.1) is 4.47 Å². The van der Waals surface area contributed by atoms with Crippen LogP contribution < -0.4 is 5.32 Å². The fourth-order valence-electron chi connectivity index (χ4n) is 1.57. The molecule has 0 heterocycles. The molecule has 4 nitrogen and oxygen atoms in total. The number of carbonyl (C=O) groups is 1. The first-order valence-electron chi connectivity index (χ1n) is 6.60. The molecule has 0 bridgehead atoms. The number of aromatic hydroxyl groups is 1. The topological polar surface area (TPSA) is 69.6 Å². The second-order valence-electron chi connectivity index (χ2n) is 5.12. The van der Waals surface area contributed by atoms with E-state index in [1.165, 1.54) is 6.08 Å². The van der Waals surface area contributed by atoms with Crippen molar-refractivity contribution in [3.8, 4) is 5.75 Å². The van der Waals surface area contributed by atoms with Crippen LogP contribution in [0.2, 0.25) is 0 Å². The van der Waals surface area contributed by atoms with Gasteiger partial charge in [-0.2, -0.15) is 0 Å². The van der Waals surface area contributed by atoms with Crippen LogP contribution >= 0.6 is 31.9 Å². The summed E-state index contributed by atoms with van der Waals surface area (Å²) in [5.41, 5.74) is 0.351. The van der Waals surface area contributed by atoms with Crippen molar-refractivity contribution in [2.45, 2.75) is 39.8 Å². The van der Waals surface area contributed by atoms with Gasteiger partial charge in [0, 0.05) is 22.1 Å². The number of nitrogens with one attached hydrogen (secondary N) is 1. The summed E-state index contributed by atoms with van der Waals surface area (Å²) in [6, 6.07) is 4.48. The fourth-order valence-corrected chi connectivity index (χ4v) is 2.95. The van der Waals surface area contributed by atoms with Gasteiger partial charge in [0.1, 0.15) is 5.75 Å². The normalized spacial score (nSPS) is 10.9. The number of hydrogen-bond donors (Lipinski definition) is 3. The van der Waals surface area contributed by atoms with Crippen LogP contribution in [0.5, 0.6) is 5.75 Å². The molecule has 134 valence electrons. The van der Waals surface area contributed by atoms with Crippen LogP contribution in [0, 0.1) is 0 Å². The molecule has 0 radical (unpaired) electrons. The zero-order valence-electron chi connectivity index (χ0n) is 13.2. The van der Waals surface area contributed by atoms with Crippen molar-refractivity contribution in [1.82, 2.24) is 5.32 Å². The molecule has 0 aliphatic rings. The van der Waals surface area contributed by atoms with Crippen molar-refractivity contribution in [1.29, 1.82) is 0 Å². The van der Waals surface area contributed by atoms with Gasteiger partial charge >= 0.3 is 28.3 Å². The Hall–Kier alpha value is 0.110. The number of carboxylic acid groups (broad SMARTS) is 1. The second kappa shape index (κ2) is 12.5. The van der Waals surface area contributed by atoms with Crippen LogP contribution in [0.1, 0.15) is 33.3 Å². The zero-order chi connectivity index (χ0) is 17.4. The van der Waals surface area contributed by atoms with E-state index in [-0.39, 0.29) is 33.0 Å². The first-order chi connectivity index (χ1) is 10.0. The summed E-state index contributed by atoms with van der Waals surface area (Å²) in [5.74, 6) is -1.23. The summed E-state index contributed by atoms with van der Waals surface area (Å²) < 4.78 is 1.18. The molecule has 0 aromatic heterocycles. The number of rotatable bonds is 4. The molecule has 0 unspecified atom stereocenters. The number of hydrogen-bond acceptors (Lipinski definition) is 4. The molecule has 0 saturated carbocycles.